The Kier molecular flexibility index (Phi) is 5.31. The standard InChI is InChI=1S/C29H27N3O3/c30-17-19-7-5-14-27(31-19)29(34)15-20-8-6-9-21(16-29)32(20)28(33)35-18-26-24-12-3-1-10-22(24)23-11-2-4-13-25(23)26/h1-5,7,10-14,20-21,26,34H,6,8-9,15-16,18H2. The van der Waals surface area contributed by atoms with E-state index in [2.05, 4.69) is 35.3 Å². The SMILES string of the molecule is N#Cc1cccc(C2(O)CC3CCCC(C2)N3C(=O)OCC2c3ccccc3-c3ccccc32)n1. The third-order valence-corrected chi connectivity index (χ3v) is 7.90. The molecular weight excluding hydrogens is 438 g/mol. The topological polar surface area (TPSA) is 86.5 Å². The number of pyridine rings is 1. The quantitative estimate of drug-likeness (QED) is 0.581. The highest BCUT2D eigenvalue weighted by Crippen LogP contribution is 2.46. The Labute approximate surface area is 204 Å². The average Bonchev–Trinajstić information content (AvgIpc) is 3.20. The Morgan fingerprint density at radius 1 is 1.00 bits per heavy atom. The van der Waals surface area contributed by atoms with Crippen molar-refractivity contribution in [2.75, 3.05) is 6.61 Å². The number of carbonyl (C=O) groups is 1. The van der Waals surface area contributed by atoms with Gasteiger partial charge >= 0.3 is 6.09 Å². The second kappa shape index (κ2) is 8.51. The van der Waals surface area contributed by atoms with Crippen LogP contribution in [0.5, 0.6) is 0 Å². The minimum absolute atomic E-state index is 0.0193. The lowest BCUT2D eigenvalue weighted by molar-refractivity contribution is -0.0913. The summed E-state index contributed by atoms with van der Waals surface area (Å²) >= 11 is 0. The largest absolute Gasteiger partial charge is 0.448 e. The first-order chi connectivity index (χ1) is 17.1. The molecule has 3 aromatic rings. The van der Waals surface area contributed by atoms with Gasteiger partial charge < -0.3 is 14.7 Å². The van der Waals surface area contributed by atoms with Gasteiger partial charge in [0.15, 0.2) is 0 Å². The van der Waals surface area contributed by atoms with E-state index < -0.39 is 5.60 Å². The molecular formula is C29H27N3O3. The summed E-state index contributed by atoms with van der Waals surface area (Å²) in [6.07, 6.45) is 3.15. The van der Waals surface area contributed by atoms with Crippen LogP contribution in [0.4, 0.5) is 4.79 Å². The van der Waals surface area contributed by atoms with Crippen LogP contribution in [0.15, 0.2) is 66.7 Å². The molecule has 1 aliphatic carbocycles. The average molecular weight is 466 g/mol. The number of nitriles is 1. The lowest BCUT2D eigenvalue weighted by Gasteiger charge is -2.51. The van der Waals surface area contributed by atoms with Gasteiger partial charge in [0.25, 0.3) is 0 Å². The zero-order valence-electron chi connectivity index (χ0n) is 19.4. The number of fused-ring (bicyclic) bond motifs is 5. The summed E-state index contributed by atoms with van der Waals surface area (Å²) in [6.45, 7) is 0.291. The maximum Gasteiger partial charge on any atom is 0.410 e. The fourth-order valence-electron chi connectivity index (χ4n) is 6.36. The van der Waals surface area contributed by atoms with Gasteiger partial charge in [-0.2, -0.15) is 5.26 Å². The molecule has 0 radical (unpaired) electrons. The molecule has 2 aliphatic heterocycles. The predicted octanol–water partition coefficient (Wildman–Crippen LogP) is 5.11. The summed E-state index contributed by atoms with van der Waals surface area (Å²) in [6, 6.07) is 23.6. The van der Waals surface area contributed by atoms with Crippen molar-refractivity contribution in [2.24, 2.45) is 0 Å². The van der Waals surface area contributed by atoms with E-state index in [0.717, 1.165) is 19.3 Å². The Hall–Kier alpha value is -3.69. The molecule has 35 heavy (non-hydrogen) atoms. The second-order valence-corrected chi connectivity index (χ2v) is 9.91. The van der Waals surface area contributed by atoms with Crippen molar-refractivity contribution in [2.45, 2.75) is 55.7 Å². The molecule has 1 aromatic heterocycles. The summed E-state index contributed by atoms with van der Waals surface area (Å²) in [4.78, 5) is 19.6. The maximum atomic E-state index is 13.4. The third-order valence-electron chi connectivity index (χ3n) is 7.90. The van der Waals surface area contributed by atoms with E-state index in [9.17, 15) is 15.2 Å². The monoisotopic (exact) mass is 465 g/mol. The molecule has 1 amide bonds. The van der Waals surface area contributed by atoms with Crippen LogP contribution in [0.2, 0.25) is 0 Å². The zero-order chi connectivity index (χ0) is 24.0. The highest BCUT2D eigenvalue weighted by molar-refractivity contribution is 5.79. The van der Waals surface area contributed by atoms with Crippen LogP contribution in [0.1, 0.15) is 60.5 Å². The van der Waals surface area contributed by atoms with Crippen LogP contribution < -0.4 is 0 Å². The van der Waals surface area contributed by atoms with E-state index in [-0.39, 0.29) is 24.1 Å². The third kappa shape index (κ3) is 3.67. The van der Waals surface area contributed by atoms with Crippen molar-refractivity contribution >= 4 is 6.09 Å². The van der Waals surface area contributed by atoms with Crippen molar-refractivity contribution in [3.8, 4) is 17.2 Å². The number of rotatable bonds is 3. The molecule has 3 aliphatic rings. The van der Waals surface area contributed by atoms with E-state index >= 15 is 0 Å². The van der Waals surface area contributed by atoms with E-state index in [1.54, 1.807) is 18.2 Å². The van der Waals surface area contributed by atoms with Crippen molar-refractivity contribution in [3.05, 3.63) is 89.2 Å². The molecule has 2 bridgehead atoms. The number of aromatic nitrogens is 1. The van der Waals surface area contributed by atoms with Crippen LogP contribution in [0, 0.1) is 11.3 Å². The molecule has 2 fully saturated rings. The van der Waals surface area contributed by atoms with E-state index in [4.69, 9.17) is 4.74 Å². The first-order valence-corrected chi connectivity index (χ1v) is 12.3. The Morgan fingerprint density at radius 3 is 2.26 bits per heavy atom. The summed E-state index contributed by atoms with van der Waals surface area (Å²) in [5, 5.41) is 20.8. The minimum Gasteiger partial charge on any atom is -0.448 e. The van der Waals surface area contributed by atoms with Crippen molar-refractivity contribution in [1.82, 2.24) is 9.88 Å². The van der Waals surface area contributed by atoms with Crippen molar-refractivity contribution < 1.29 is 14.6 Å². The molecule has 2 aromatic carbocycles. The second-order valence-electron chi connectivity index (χ2n) is 9.91. The molecule has 2 atom stereocenters. The summed E-state index contributed by atoms with van der Waals surface area (Å²) < 4.78 is 5.97. The molecule has 0 saturated carbocycles. The van der Waals surface area contributed by atoms with E-state index in [1.165, 1.54) is 22.3 Å². The molecule has 2 unspecified atom stereocenters. The number of carbonyl (C=O) groups excluding carboxylic acids is 1. The number of amides is 1. The Morgan fingerprint density at radius 2 is 1.63 bits per heavy atom. The predicted molar refractivity (Wildman–Crippen MR) is 130 cm³/mol. The summed E-state index contributed by atoms with van der Waals surface area (Å²) in [7, 11) is 0. The number of aliphatic hydroxyl groups is 1. The molecule has 1 N–H and O–H groups in total. The first-order valence-electron chi connectivity index (χ1n) is 12.3. The lowest BCUT2D eigenvalue weighted by Crippen LogP contribution is -2.59. The molecule has 6 heteroatoms. The fourth-order valence-corrected chi connectivity index (χ4v) is 6.36. The maximum absolute atomic E-state index is 13.4. The molecule has 176 valence electrons. The minimum atomic E-state index is -1.15. The molecule has 0 spiro atoms. The van der Waals surface area contributed by atoms with Gasteiger partial charge in [0.05, 0.1) is 5.69 Å². The first kappa shape index (κ1) is 21.8. The lowest BCUT2D eigenvalue weighted by atomic mass is 9.74. The Bertz CT molecular complexity index is 1270. The van der Waals surface area contributed by atoms with Gasteiger partial charge in [-0.15, -0.1) is 0 Å². The number of benzene rings is 2. The van der Waals surface area contributed by atoms with Crippen LogP contribution in [0.25, 0.3) is 11.1 Å². The summed E-state index contributed by atoms with van der Waals surface area (Å²) in [5.74, 6) is 0.0193. The molecule has 6 nitrogen and oxygen atoms in total. The van der Waals surface area contributed by atoms with Gasteiger partial charge in [-0.1, -0.05) is 54.6 Å². The number of nitrogens with zero attached hydrogens (tertiary/aromatic N) is 3. The van der Waals surface area contributed by atoms with Crippen molar-refractivity contribution in [1.29, 1.82) is 5.26 Å². The van der Waals surface area contributed by atoms with Crippen LogP contribution in [0.3, 0.4) is 0 Å². The van der Waals surface area contributed by atoms with Gasteiger partial charge in [-0.25, -0.2) is 9.78 Å². The van der Waals surface area contributed by atoms with E-state index in [1.807, 2.05) is 29.2 Å². The number of piperidine rings is 2. The number of hydrogen-bond donors (Lipinski definition) is 1. The highest BCUT2D eigenvalue weighted by Gasteiger charge is 2.49. The van der Waals surface area contributed by atoms with Gasteiger partial charge in [-0.3, -0.25) is 0 Å². The Balaban J connectivity index is 1.21. The van der Waals surface area contributed by atoms with Gasteiger partial charge in [-0.05, 0) is 53.6 Å². The number of ether oxygens (including phenoxy) is 1. The van der Waals surface area contributed by atoms with Crippen LogP contribution in [-0.2, 0) is 10.3 Å². The molecule has 6 rings (SSSR count). The van der Waals surface area contributed by atoms with Gasteiger partial charge in [0.2, 0.25) is 0 Å². The molecule has 3 heterocycles. The van der Waals surface area contributed by atoms with Crippen LogP contribution >= 0.6 is 0 Å². The number of hydrogen-bond acceptors (Lipinski definition) is 5. The van der Waals surface area contributed by atoms with Gasteiger partial charge in [0.1, 0.15) is 24.0 Å². The van der Waals surface area contributed by atoms with E-state index in [0.29, 0.717) is 30.8 Å². The molecule has 2 saturated heterocycles. The smallest absolute Gasteiger partial charge is 0.410 e. The normalized spacial score (nSPS) is 24.9. The zero-order valence-corrected chi connectivity index (χ0v) is 19.4. The van der Waals surface area contributed by atoms with Gasteiger partial charge in [0, 0.05) is 30.8 Å². The van der Waals surface area contributed by atoms with Crippen molar-refractivity contribution in [3.63, 3.8) is 0 Å². The summed E-state index contributed by atoms with van der Waals surface area (Å²) in [5.41, 5.74) is 4.45. The van der Waals surface area contributed by atoms with Crippen LogP contribution in [-0.4, -0.2) is 39.8 Å². The highest BCUT2D eigenvalue weighted by atomic mass is 16.6. The fraction of sp³-hybridized carbons (Fsp3) is 0.345.